The van der Waals surface area contributed by atoms with Crippen LogP contribution in [0.5, 0.6) is 0 Å². The fourth-order valence-corrected chi connectivity index (χ4v) is 1.73. The quantitative estimate of drug-likeness (QED) is 0.909. The smallest absolute Gasteiger partial charge is 0.354 e. The van der Waals surface area contributed by atoms with Crippen molar-refractivity contribution in [1.82, 2.24) is 14.9 Å². The number of rotatable bonds is 4. The zero-order valence-electron chi connectivity index (χ0n) is 10.9. The Morgan fingerprint density at radius 3 is 2.55 bits per heavy atom. The van der Waals surface area contributed by atoms with E-state index in [1.165, 1.54) is 23.2 Å². The standard InChI is InChI=1S/C14H13N3O3/c1-17(9-10-2-5-15-6-3-10)13(18)11-4-7-16-12(8-11)14(19)20/h2-8H,9H2,1H3,(H,19,20). The Hall–Kier alpha value is -2.76. The number of carbonyl (C=O) groups is 2. The molecule has 2 aromatic rings. The lowest BCUT2D eigenvalue weighted by atomic mass is 10.2. The molecule has 6 nitrogen and oxygen atoms in total. The molecule has 0 spiro atoms. The Labute approximate surface area is 115 Å². The molecule has 0 aliphatic rings. The van der Waals surface area contributed by atoms with Gasteiger partial charge >= 0.3 is 5.97 Å². The van der Waals surface area contributed by atoms with Crippen LogP contribution in [0.3, 0.4) is 0 Å². The number of carbonyl (C=O) groups excluding carboxylic acids is 1. The molecule has 1 N–H and O–H groups in total. The second-order valence-electron chi connectivity index (χ2n) is 4.25. The van der Waals surface area contributed by atoms with Crippen LogP contribution in [0.2, 0.25) is 0 Å². The number of hydrogen-bond acceptors (Lipinski definition) is 4. The fraction of sp³-hybridized carbons (Fsp3) is 0.143. The first-order valence-corrected chi connectivity index (χ1v) is 5.91. The molecule has 102 valence electrons. The van der Waals surface area contributed by atoms with Crippen molar-refractivity contribution in [3.63, 3.8) is 0 Å². The van der Waals surface area contributed by atoms with Crippen LogP contribution in [0.15, 0.2) is 42.9 Å². The molecule has 6 heteroatoms. The van der Waals surface area contributed by atoms with Crippen LogP contribution in [0, 0.1) is 0 Å². The Kier molecular flexibility index (Phi) is 4.05. The lowest BCUT2D eigenvalue weighted by Crippen LogP contribution is -2.26. The van der Waals surface area contributed by atoms with Gasteiger partial charge in [0.25, 0.3) is 5.91 Å². The highest BCUT2D eigenvalue weighted by Gasteiger charge is 2.14. The molecule has 1 amide bonds. The van der Waals surface area contributed by atoms with Gasteiger partial charge in [-0.1, -0.05) is 0 Å². The van der Waals surface area contributed by atoms with E-state index in [0.29, 0.717) is 12.1 Å². The monoisotopic (exact) mass is 271 g/mol. The molecule has 20 heavy (non-hydrogen) atoms. The molecular weight excluding hydrogens is 258 g/mol. The van der Waals surface area contributed by atoms with Gasteiger partial charge in [0.1, 0.15) is 5.69 Å². The summed E-state index contributed by atoms with van der Waals surface area (Å²) >= 11 is 0. The molecule has 2 aromatic heterocycles. The Balaban J connectivity index is 2.14. The molecule has 0 aliphatic carbocycles. The summed E-state index contributed by atoms with van der Waals surface area (Å²) in [5.74, 6) is -1.41. The highest BCUT2D eigenvalue weighted by atomic mass is 16.4. The number of aromatic nitrogens is 2. The van der Waals surface area contributed by atoms with Crippen LogP contribution in [0.4, 0.5) is 0 Å². The predicted molar refractivity (Wildman–Crippen MR) is 71.2 cm³/mol. The number of carboxylic acid groups (broad SMARTS) is 1. The summed E-state index contributed by atoms with van der Waals surface area (Å²) in [5.41, 5.74) is 1.10. The van der Waals surface area contributed by atoms with Gasteiger partial charge in [-0.2, -0.15) is 0 Å². The van der Waals surface area contributed by atoms with Gasteiger partial charge in [0.15, 0.2) is 0 Å². The molecule has 0 aliphatic heterocycles. The maximum absolute atomic E-state index is 12.2. The summed E-state index contributed by atoms with van der Waals surface area (Å²) in [6.07, 6.45) is 4.63. The van der Waals surface area contributed by atoms with Crippen molar-refractivity contribution in [2.24, 2.45) is 0 Å². The van der Waals surface area contributed by atoms with Gasteiger partial charge in [0.05, 0.1) is 0 Å². The van der Waals surface area contributed by atoms with Crippen molar-refractivity contribution in [2.75, 3.05) is 7.05 Å². The van der Waals surface area contributed by atoms with E-state index in [-0.39, 0.29) is 11.6 Å². The van der Waals surface area contributed by atoms with Gasteiger partial charge in [-0.15, -0.1) is 0 Å². The predicted octanol–water partition coefficient (Wildman–Crippen LogP) is 1.45. The third-order valence-electron chi connectivity index (χ3n) is 2.74. The number of carboxylic acids is 1. The first-order valence-electron chi connectivity index (χ1n) is 5.91. The summed E-state index contributed by atoms with van der Waals surface area (Å²) in [6.45, 7) is 0.423. The first kappa shape index (κ1) is 13.7. The lowest BCUT2D eigenvalue weighted by Gasteiger charge is -2.17. The lowest BCUT2D eigenvalue weighted by molar-refractivity contribution is 0.0690. The number of nitrogens with zero attached hydrogens (tertiary/aromatic N) is 3. The molecule has 0 unspecified atom stereocenters. The number of amides is 1. The zero-order chi connectivity index (χ0) is 14.5. The molecule has 0 atom stereocenters. The minimum absolute atomic E-state index is 0.145. The van der Waals surface area contributed by atoms with Crippen molar-refractivity contribution >= 4 is 11.9 Å². The summed E-state index contributed by atoms with van der Waals surface area (Å²) in [7, 11) is 1.66. The molecule has 0 saturated carbocycles. The molecule has 0 bridgehead atoms. The maximum Gasteiger partial charge on any atom is 0.354 e. The molecule has 2 rings (SSSR count). The first-order chi connectivity index (χ1) is 9.58. The molecule has 0 fully saturated rings. The van der Waals surface area contributed by atoms with Crippen molar-refractivity contribution in [2.45, 2.75) is 6.54 Å². The average Bonchev–Trinajstić information content (AvgIpc) is 2.47. The Bertz CT molecular complexity index is 629. The van der Waals surface area contributed by atoms with E-state index in [1.807, 2.05) is 12.1 Å². The molecule has 0 aromatic carbocycles. The normalized spacial score (nSPS) is 10.1. The Morgan fingerprint density at radius 2 is 1.90 bits per heavy atom. The van der Waals surface area contributed by atoms with Gasteiger partial charge in [0, 0.05) is 37.7 Å². The third-order valence-corrected chi connectivity index (χ3v) is 2.74. The van der Waals surface area contributed by atoms with Crippen molar-refractivity contribution in [3.05, 3.63) is 59.7 Å². The summed E-state index contributed by atoms with van der Waals surface area (Å²) in [4.78, 5) is 32.2. The number of aromatic carboxylic acids is 1. The van der Waals surface area contributed by atoms with Crippen LogP contribution < -0.4 is 0 Å². The highest BCUT2D eigenvalue weighted by molar-refractivity contribution is 5.96. The van der Waals surface area contributed by atoms with Crippen LogP contribution in [0.1, 0.15) is 26.4 Å². The van der Waals surface area contributed by atoms with E-state index in [2.05, 4.69) is 9.97 Å². The number of pyridine rings is 2. The highest BCUT2D eigenvalue weighted by Crippen LogP contribution is 2.08. The molecule has 0 radical (unpaired) electrons. The van der Waals surface area contributed by atoms with Crippen molar-refractivity contribution in [1.29, 1.82) is 0 Å². The van der Waals surface area contributed by atoms with E-state index < -0.39 is 5.97 Å². The maximum atomic E-state index is 12.2. The van der Waals surface area contributed by atoms with Gasteiger partial charge in [-0.25, -0.2) is 9.78 Å². The van der Waals surface area contributed by atoms with E-state index in [0.717, 1.165) is 5.56 Å². The minimum Gasteiger partial charge on any atom is -0.477 e. The molecular formula is C14H13N3O3. The van der Waals surface area contributed by atoms with Crippen LogP contribution >= 0.6 is 0 Å². The van der Waals surface area contributed by atoms with Gasteiger partial charge in [0.2, 0.25) is 0 Å². The van der Waals surface area contributed by atoms with E-state index >= 15 is 0 Å². The minimum atomic E-state index is -1.16. The zero-order valence-corrected chi connectivity index (χ0v) is 10.9. The summed E-state index contributed by atoms with van der Waals surface area (Å²) in [6, 6.07) is 6.41. The van der Waals surface area contributed by atoms with E-state index in [1.54, 1.807) is 19.4 Å². The van der Waals surface area contributed by atoms with Crippen LogP contribution in [-0.2, 0) is 6.54 Å². The largest absolute Gasteiger partial charge is 0.477 e. The summed E-state index contributed by atoms with van der Waals surface area (Å²) < 4.78 is 0. The van der Waals surface area contributed by atoms with E-state index in [9.17, 15) is 9.59 Å². The van der Waals surface area contributed by atoms with Gasteiger partial charge in [-0.3, -0.25) is 9.78 Å². The van der Waals surface area contributed by atoms with Crippen molar-refractivity contribution < 1.29 is 14.7 Å². The fourth-order valence-electron chi connectivity index (χ4n) is 1.73. The topological polar surface area (TPSA) is 83.4 Å². The third kappa shape index (κ3) is 3.17. The Morgan fingerprint density at radius 1 is 1.20 bits per heavy atom. The van der Waals surface area contributed by atoms with Crippen molar-refractivity contribution in [3.8, 4) is 0 Å². The van der Waals surface area contributed by atoms with Gasteiger partial charge < -0.3 is 10.0 Å². The van der Waals surface area contributed by atoms with E-state index in [4.69, 9.17) is 5.11 Å². The summed E-state index contributed by atoms with van der Waals surface area (Å²) in [5, 5.41) is 8.87. The molecule has 0 saturated heterocycles. The average molecular weight is 271 g/mol. The molecule has 2 heterocycles. The SMILES string of the molecule is CN(Cc1ccncc1)C(=O)c1ccnc(C(=O)O)c1. The second kappa shape index (κ2) is 5.92. The number of hydrogen-bond donors (Lipinski definition) is 1. The van der Waals surface area contributed by atoms with Gasteiger partial charge in [-0.05, 0) is 29.8 Å². The van der Waals surface area contributed by atoms with Crippen LogP contribution in [0.25, 0.3) is 0 Å². The second-order valence-corrected chi connectivity index (χ2v) is 4.25. The van der Waals surface area contributed by atoms with Crippen LogP contribution in [-0.4, -0.2) is 38.9 Å².